The molecule has 0 radical (unpaired) electrons. The topological polar surface area (TPSA) is 105 Å². The summed E-state index contributed by atoms with van der Waals surface area (Å²) in [7, 11) is 0. The number of nitrogens with two attached hydrogens (primary N) is 1. The van der Waals surface area contributed by atoms with Gasteiger partial charge in [0, 0.05) is 24.9 Å². The minimum atomic E-state index is -0.674. The summed E-state index contributed by atoms with van der Waals surface area (Å²) in [6.45, 7) is 0.761. The van der Waals surface area contributed by atoms with Crippen LogP contribution in [0.2, 0.25) is 10.0 Å². The quantitative estimate of drug-likeness (QED) is 0.275. The Morgan fingerprint density at radius 1 is 0.927 bits per heavy atom. The largest absolute Gasteiger partial charge is 0.341 e. The van der Waals surface area contributed by atoms with Crippen molar-refractivity contribution in [2.24, 2.45) is 5.73 Å². The predicted molar refractivity (Wildman–Crippen MR) is 165 cm³/mol. The maximum atomic E-state index is 13.2. The summed E-state index contributed by atoms with van der Waals surface area (Å²) in [5.74, 6) is -0.891. The van der Waals surface area contributed by atoms with E-state index in [9.17, 15) is 14.4 Å². The van der Waals surface area contributed by atoms with Gasteiger partial charge < -0.3 is 21.3 Å². The van der Waals surface area contributed by atoms with Gasteiger partial charge in [0.15, 0.2) is 0 Å². The van der Waals surface area contributed by atoms with E-state index in [0.717, 1.165) is 47.9 Å². The summed E-state index contributed by atoms with van der Waals surface area (Å²) < 4.78 is 0. The first-order valence-electron chi connectivity index (χ1n) is 13.7. The Balaban J connectivity index is 1.27. The molecule has 1 fully saturated rings. The molecule has 3 aromatic rings. The molecule has 0 saturated carbocycles. The van der Waals surface area contributed by atoms with Gasteiger partial charge in [-0.2, -0.15) is 0 Å². The van der Waals surface area contributed by atoms with Gasteiger partial charge in [-0.05, 0) is 84.7 Å². The molecule has 9 heteroatoms. The van der Waals surface area contributed by atoms with E-state index in [-0.39, 0.29) is 24.3 Å². The van der Waals surface area contributed by atoms with Crippen LogP contribution in [-0.4, -0.2) is 41.8 Å². The molecule has 0 bridgehead atoms. The number of amides is 3. The molecular weight excluding hydrogens is 559 g/mol. The average molecular weight is 594 g/mol. The Morgan fingerprint density at radius 2 is 1.68 bits per heavy atom. The van der Waals surface area contributed by atoms with Crippen LogP contribution in [0.15, 0.2) is 72.8 Å². The van der Waals surface area contributed by atoms with E-state index < -0.39 is 6.04 Å². The molecule has 1 heterocycles. The van der Waals surface area contributed by atoms with Crippen LogP contribution < -0.4 is 16.4 Å². The summed E-state index contributed by atoms with van der Waals surface area (Å²) in [5.41, 5.74) is 10.4. The van der Waals surface area contributed by atoms with Crippen molar-refractivity contribution in [1.82, 2.24) is 10.2 Å². The van der Waals surface area contributed by atoms with Gasteiger partial charge in [0.2, 0.25) is 17.7 Å². The van der Waals surface area contributed by atoms with E-state index in [4.69, 9.17) is 28.9 Å². The van der Waals surface area contributed by atoms with Crippen molar-refractivity contribution >= 4 is 52.7 Å². The maximum absolute atomic E-state index is 13.2. The molecule has 3 amide bonds. The van der Waals surface area contributed by atoms with Crippen LogP contribution in [0, 0.1) is 0 Å². The third kappa shape index (κ3) is 9.18. The van der Waals surface area contributed by atoms with E-state index in [1.807, 2.05) is 54.6 Å². The van der Waals surface area contributed by atoms with E-state index in [2.05, 4.69) is 10.6 Å². The summed E-state index contributed by atoms with van der Waals surface area (Å²) in [6, 6.07) is 20.2. The summed E-state index contributed by atoms with van der Waals surface area (Å²) in [5, 5.41) is 6.75. The smallest absolute Gasteiger partial charge is 0.245 e. The van der Waals surface area contributed by atoms with E-state index >= 15 is 0 Å². The van der Waals surface area contributed by atoms with Crippen LogP contribution in [0.5, 0.6) is 0 Å². The average Bonchev–Trinajstić information content (AvgIpc) is 3.13. The molecule has 0 aliphatic carbocycles. The number of benzene rings is 3. The first-order valence-corrected chi connectivity index (χ1v) is 14.5. The Hall–Kier alpha value is -3.65. The van der Waals surface area contributed by atoms with Gasteiger partial charge in [0.05, 0.1) is 16.6 Å². The van der Waals surface area contributed by atoms with Gasteiger partial charge in [-0.15, -0.1) is 0 Å². The highest BCUT2D eigenvalue weighted by Gasteiger charge is 2.29. The number of hydrogen-bond acceptors (Lipinski definition) is 4. The fourth-order valence-electron chi connectivity index (χ4n) is 4.72. The zero-order chi connectivity index (χ0) is 29.2. The second-order valence-electron chi connectivity index (χ2n) is 10.1. The van der Waals surface area contributed by atoms with Crippen LogP contribution >= 0.6 is 23.2 Å². The lowest BCUT2D eigenvalue weighted by Crippen LogP contribution is -2.49. The Bertz CT molecular complexity index is 1410. The van der Waals surface area contributed by atoms with Crippen molar-refractivity contribution < 1.29 is 14.4 Å². The third-order valence-corrected chi connectivity index (χ3v) is 7.71. The summed E-state index contributed by atoms with van der Waals surface area (Å²) in [6.07, 6.45) is 6.92. The van der Waals surface area contributed by atoms with Crippen molar-refractivity contribution in [2.45, 2.75) is 44.7 Å². The number of aryl methyl sites for hydroxylation is 2. The SMILES string of the molecule is NCc1cccc(NC(=O)CN2CCCCC(NC(=O)/C=C/c3ccc(CCc4ccc(Cl)c(Cl)c4)cc3)C2=O)c1. The molecule has 7 nitrogen and oxygen atoms in total. The third-order valence-electron chi connectivity index (χ3n) is 6.97. The van der Waals surface area contributed by atoms with Gasteiger partial charge in [-0.1, -0.05) is 65.7 Å². The first-order chi connectivity index (χ1) is 19.8. The van der Waals surface area contributed by atoms with Gasteiger partial charge in [-0.25, -0.2) is 0 Å². The van der Waals surface area contributed by atoms with Gasteiger partial charge in [-0.3, -0.25) is 14.4 Å². The van der Waals surface area contributed by atoms with Crippen molar-refractivity contribution in [1.29, 1.82) is 0 Å². The lowest BCUT2D eigenvalue weighted by atomic mass is 10.0. The predicted octanol–water partition coefficient (Wildman–Crippen LogP) is 5.39. The van der Waals surface area contributed by atoms with Crippen LogP contribution in [0.25, 0.3) is 6.08 Å². The number of anilines is 1. The summed E-state index contributed by atoms with van der Waals surface area (Å²) in [4.78, 5) is 40.0. The monoisotopic (exact) mass is 592 g/mol. The van der Waals surface area contributed by atoms with Crippen LogP contribution in [0.1, 0.15) is 41.5 Å². The lowest BCUT2D eigenvalue weighted by molar-refractivity contribution is -0.137. The lowest BCUT2D eigenvalue weighted by Gasteiger charge is -2.24. The minimum absolute atomic E-state index is 0.0781. The summed E-state index contributed by atoms with van der Waals surface area (Å²) >= 11 is 12.1. The number of halogens is 2. The van der Waals surface area contributed by atoms with E-state index in [1.54, 1.807) is 18.2 Å². The number of hydrogen-bond donors (Lipinski definition) is 3. The molecule has 4 N–H and O–H groups in total. The number of carbonyl (C=O) groups is 3. The highest BCUT2D eigenvalue weighted by Crippen LogP contribution is 2.23. The zero-order valence-corrected chi connectivity index (χ0v) is 24.3. The number of likely N-dealkylation sites (tertiary alicyclic amines) is 1. The molecule has 1 atom stereocenters. The highest BCUT2D eigenvalue weighted by molar-refractivity contribution is 6.42. The first kappa shape index (κ1) is 30.3. The van der Waals surface area contributed by atoms with Crippen molar-refractivity contribution in [3.05, 3.63) is 105 Å². The van der Waals surface area contributed by atoms with E-state index in [0.29, 0.717) is 35.2 Å². The molecule has 41 heavy (non-hydrogen) atoms. The van der Waals surface area contributed by atoms with Crippen molar-refractivity contribution in [2.75, 3.05) is 18.4 Å². The van der Waals surface area contributed by atoms with Gasteiger partial charge in [0.25, 0.3) is 0 Å². The van der Waals surface area contributed by atoms with Gasteiger partial charge in [0.1, 0.15) is 6.04 Å². The number of nitrogens with zero attached hydrogens (tertiary/aromatic N) is 1. The maximum Gasteiger partial charge on any atom is 0.245 e. The zero-order valence-electron chi connectivity index (χ0n) is 22.7. The Labute approximate surface area is 250 Å². The fourth-order valence-corrected chi connectivity index (χ4v) is 5.04. The molecule has 214 valence electrons. The van der Waals surface area contributed by atoms with Gasteiger partial charge >= 0.3 is 0 Å². The fraction of sp³-hybridized carbons (Fsp3) is 0.281. The second-order valence-corrected chi connectivity index (χ2v) is 10.9. The normalized spacial score (nSPS) is 15.5. The molecule has 0 spiro atoms. The minimum Gasteiger partial charge on any atom is -0.341 e. The molecule has 4 rings (SSSR count). The molecule has 1 unspecified atom stereocenters. The standard InChI is InChI=1S/C32H34Cl2N4O3/c33-27-15-13-24(19-28(27)34)12-11-22-7-9-23(10-8-22)14-16-30(39)37-29-6-1-2-17-38(32(29)41)21-31(40)36-26-5-3-4-25(18-26)20-35/h3-5,7-10,13-16,18-19,29H,1-2,6,11-12,17,20-21,35H2,(H,36,40)(H,37,39)/b16-14+. The second kappa shape index (κ2) is 14.8. The number of nitrogens with one attached hydrogen (secondary N) is 2. The Kier molecular flexibility index (Phi) is 11.0. The molecule has 3 aromatic carbocycles. The Morgan fingerprint density at radius 3 is 2.44 bits per heavy atom. The number of carbonyl (C=O) groups excluding carboxylic acids is 3. The van der Waals surface area contributed by atoms with Crippen LogP contribution in [-0.2, 0) is 33.8 Å². The molecule has 1 aliphatic heterocycles. The molecule has 0 aromatic heterocycles. The molecule has 1 aliphatic rings. The molecular formula is C32H34Cl2N4O3. The van der Waals surface area contributed by atoms with Crippen molar-refractivity contribution in [3.63, 3.8) is 0 Å². The van der Waals surface area contributed by atoms with Crippen LogP contribution in [0.3, 0.4) is 0 Å². The van der Waals surface area contributed by atoms with E-state index in [1.165, 1.54) is 11.0 Å². The van der Waals surface area contributed by atoms with Crippen LogP contribution in [0.4, 0.5) is 5.69 Å². The number of rotatable bonds is 10. The molecule has 1 saturated heterocycles. The van der Waals surface area contributed by atoms with Crippen molar-refractivity contribution in [3.8, 4) is 0 Å². The highest BCUT2D eigenvalue weighted by atomic mass is 35.5.